The van der Waals surface area contributed by atoms with Crippen LogP contribution in [-0.2, 0) is 5.41 Å². The van der Waals surface area contributed by atoms with Crippen LogP contribution >= 0.6 is 0 Å². The lowest BCUT2D eigenvalue weighted by molar-refractivity contribution is 0.660. The van der Waals surface area contributed by atoms with E-state index in [0.717, 1.165) is 50.3 Å². The first kappa shape index (κ1) is 57.0. The predicted molar refractivity (Wildman–Crippen MR) is 403 cm³/mol. The molecular weight excluding hydrogens is 1180 g/mol. The molecule has 0 spiro atoms. The Morgan fingerprint density at radius 1 is 0.268 bits per heavy atom. The Morgan fingerprint density at radius 2 is 0.691 bits per heavy atom. The number of hydrogen-bond acceptors (Lipinski definition) is 4. The van der Waals surface area contributed by atoms with Gasteiger partial charge in [-0.25, -0.2) is 4.98 Å². The predicted octanol–water partition coefficient (Wildman–Crippen LogP) is 23.3. The highest BCUT2D eigenvalue weighted by Crippen LogP contribution is 2.51. The zero-order valence-electron chi connectivity index (χ0n) is 53.5. The lowest BCUT2D eigenvalue weighted by Crippen LogP contribution is -2.16. The second-order valence-corrected chi connectivity index (χ2v) is 25.5. The number of fused-ring (bicyclic) bond motifs is 13. The minimum atomic E-state index is -0.0864. The molecule has 0 atom stereocenters. The van der Waals surface area contributed by atoms with Gasteiger partial charge in [0.1, 0.15) is 0 Å². The smallest absolute Gasteiger partial charge is 0.238 e. The Morgan fingerprint density at radius 3 is 1.30 bits per heavy atom. The summed E-state index contributed by atoms with van der Waals surface area (Å²) in [5, 5.41) is 7.27. The molecule has 458 valence electrons. The summed E-state index contributed by atoms with van der Waals surface area (Å²) in [6, 6.07) is 123. The normalized spacial score (nSPS) is 12.3. The van der Waals surface area contributed by atoms with Crippen LogP contribution in [0.3, 0.4) is 0 Å². The number of benzene rings is 14. The van der Waals surface area contributed by atoms with Crippen LogP contribution in [0.5, 0.6) is 0 Å². The molecular formula is C90H63N7. The molecule has 0 saturated carbocycles. The molecule has 0 amide bonds. The summed E-state index contributed by atoms with van der Waals surface area (Å²) in [7, 11) is 0. The van der Waals surface area contributed by atoms with Gasteiger partial charge in [0.15, 0.2) is 11.6 Å². The maximum absolute atomic E-state index is 5.11. The molecule has 0 saturated heterocycles. The third kappa shape index (κ3) is 9.69. The van der Waals surface area contributed by atoms with Crippen molar-refractivity contribution < 1.29 is 0 Å². The number of rotatable bonds is 10. The van der Waals surface area contributed by atoms with Gasteiger partial charge in [0.25, 0.3) is 0 Å². The fourth-order valence-corrected chi connectivity index (χ4v) is 15.0. The van der Waals surface area contributed by atoms with Gasteiger partial charge in [-0.15, -0.1) is 0 Å². The van der Waals surface area contributed by atoms with Crippen molar-refractivity contribution in [3.63, 3.8) is 0 Å². The largest absolute Gasteiger partial charge is 0.310 e. The minimum absolute atomic E-state index is 0.0864. The van der Waals surface area contributed by atoms with Crippen molar-refractivity contribution in [2.45, 2.75) is 19.3 Å². The first-order chi connectivity index (χ1) is 47.9. The highest BCUT2D eigenvalue weighted by molar-refractivity contribution is 6.26. The Bertz CT molecular complexity index is 5940. The molecule has 0 bridgehead atoms. The van der Waals surface area contributed by atoms with E-state index in [1.165, 1.54) is 99.2 Å². The summed E-state index contributed by atoms with van der Waals surface area (Å²) in [5.74, 6) is 1.87. The van der Waals surface area contributed by atoms with Crippen molar-refractivity contribution in [3.05, 3.63) is 357 Å². The van der Waals surface area contributed by atoms with Gasteiger partial charge in [-0.3, -0.25) is 4.57 Å². The molecule has 0 radical (unpaired) electrons. The average Bonchev–Trinajstić information content (AvgIpc) is 1.56. The Labute approximate surface area is 562 Å². The standard InChI is InChI=1S/C51H38N2.C39H25N5/c1-51(2)47-19-11-9-17-43(47)44-31-30-42(34-48(44)51)52(40-26-21-36(22-27-40)35-13-5-3-6-14-35)41-28-23-37(24-29-41)38-25-32-50-46(33-38)45-18-10-12-20-49(45)53(50)39-15-7-4-8-16-39;1-4-14-26(15-5-1)37-40-38(27-16-6-2-7-17-27)42-39(41-37)44-33-23-13-11-21-31(33)35-34(44)25-24-30-29-20-10-12-22-32(29)43(36(30)35)28-18-8-3-9-19-28/h3-34H,1-2H3;1-25H. The number of hydrogen-bond donors (Lipinski definition) is 0. The summed E-state index contributed by atoms with van der Waals surface area (Å²) in [6.07, 6.45) is 0. The van der Waals surface area contributed by atoms with Crippen LogP contribution in [0.4, 0.5) is 17.1 Å². The number of aromatic nitrogens is 6. The van der Waals surface area contributed by atoms with Crippen molar-refractivity contribution >= 4 is 82.5 Å². The van der Waals surface area contributed by atoms with E-state index in [1.54, 1.807) is 0 Å². The zero-order valence-corrected chi connectivity index (χ0v) is 53.5. The van der Waals surface area contributed by atoms with E-state index in [2.05, 4.69) is 318 Å². The second-order valence-electron chi connectivity index (χ2n) is 25.5. The molecule has 18 aromatic rings. The van der Waals surface area contributed by atoms with Gasteiger partial charge in [-0.2, -0.15) is 9.97 Å². The summed E-state index contributed by atoms with van der Waals surface area (Å²) >= 11 is 0. The van der Waals surface area contributed by atoms with Crippen molar-refractivity contribution in [3.8, 4) is 73.5 Å². The lowest BCUT2D eigenvalue weighted by atomic mass is 9.82. The maximum Gasteiger partial charge on any atom is 0.238 e. The van der Waals surface area contributed by atoms with E-state index in [9.17, 15) is 0 Å². The molecule has 4 aromatic heterocycles. The highest BCUT2D eigenvalue weighted by Gasteiger charge is 2.36. The van der Waals surface area contributed by atoms with E-state index in [-0.39, 0.29) is 5.41 Å². The van der Waals surface area contributed by atoms with Gasteiger partial charge in [0, 0.05) is 77.3 Å². The molecule has 4 heterocycles. The fourth-order valence-electron chi connectivity index (χ4n) is 15.0. The molecule has 14 aromatic carbocycles. The summed E-state index contributed by atoms with van der Waals surface area (Å²) in [5.41, 5.74) is 24.6. The maximum atomic E-state index is 5.11. The van der Waals surface area contributed by atoms with Gasteiger partial charge in [-0.1, -0.05) is 263 Å². The van der Waals surface area contributed by atoms with E-state index in [0.29, 0.717) is 17.6 Å². The molecule has 19 rings (SSSR count). The van der Waals surface area contributed by atoms with E-state index < -0.39 is 0 Å². The molecule has 0 unspecified atom stereocenters. The summed E-state index contributed by atoms with van der Waals surface area (Å²) < 4.78 is 6.95. The first-order valence-electron chi connectivity index (χ1n) is 33.2. The van der Waals surface area contributed by atoms with Crippen LogP contribution in [0.15, 0.2) is 346 Å². The molecule has 7 nitrogen and oxygen atoms in total. The summed E-state index contributed by atoms with van der Waals surface area (Å²) in [6.45, 7) is 4.70. The van der Waals surface area contributed by atoms with Gasteiger partial charge >= 0.3 is 0 Å². The molecule has 7 heteroatoms. The molecule has 97 heavy (non-hydrogen) atoms. The topological polar surface area (TPSA) is 56.7 Å². The first-order valence-corrected chi connectivity index (χ1v) is 33.2. The van der Waals surface area contributed by atoms with Crippen LogP contribution in [-0.4, -0.2) is 28.7 Å². The minimum Gasteiger partial charge on any atom is -0.310 e. The monoisotopic (exact) mass is 1240 g/mol. The number of anilines is 3. The molecule has 0 aliphatic heterocycles. The zero-order chi connectivity index (χ0) is 64.6. The molecule has 1 aliphatic rings. The van der Waals surface area contributed by atoms with Crippen molar-refractivity contribution in [1.29, 1.82) is 0 Å². The second kappa shape index (κ2) is 23.4. The van der Waals surface area contributed by atoms with E-state index in [1.807, 2.05) is 60.7 Å². The van der Waals surface area contributed by atoms with Gasteiger partial charge < -0.3 is 14.0 Å². The van der Waals surface area contributed by atoms with Crippen molar-refractivity contribution in [1.82, 2.24) is 28.7 Å². The molecule has 0 fully saturated rings. The van der Waals surface area contributed by atoms with Crippen LogP contribution in [0.25, 0.3) is 139 Å². The fraction of sp³-hybridized carbons (Fsp3) is 0.0333. The summed E-state index contributed by atoms with van der Waals surface area (Å²) in [4.78, 5) is 17.6. The van der Waals surface area contributed by atoms with Crippen molar-refractivity contribution in [2.24, 2.45) is 0 Å². The van der Waals surface area contributed by atoms with E-state index in [4.69, 9.17) is 15.0 Å². The van der Waals surface area contributed by atoms with Crippen LogP contribution in [0, 0.1) is 0 Å². The molecule has 0 N–H and O–H groups in total. The SMILES string of the molecule is CC1(C)c2ccccc2-c2ccc(N(c3ccc(-c4ccccc4)cc3)c3ccc(-c4ccc5c(c4)c4ccccc4n5-c4ccccc4)cc3)cc21.c1ccc(-c2nc(-c3ccccc3)nc(-n3c4ccccc4c4c3ccc3c5ccccc5n(-c5ccccc5)c34)n2)cc1. The van der Waals surface area contributed by atoms with Crippen molar-refractivity contribution in [2.75, 3.05) is 4.90 Å². The third-order valence-electron chi connectivity index (χ3n) is 19.6. The Hall–Kier alpha value is -12.7. The number of para-hydroxylation sites is 5. The van der Waals surface area contributed by atoms with Gasteiger partial charge in [-0.05, 0) is 142 Å². The average molecular weight is 1240 g/mol. The third-order valence-corrected chi connectivity index (χ3v) is 19.6. The molecule has 1 aliphatic carbocycles. The Kier molecular flexibility index (Phi) is 13.7. The highest BCUT2D eigenvalue weighted by atomic mass is 15.2. The quantitative estimate of drug-likeness (QED) is 0.137. The van der Waals surface area contributed by atoms with Crippen LogP contribution in [0.1, 0.15) is 25.0 Å². The van der Waals surface area contributed by atoms with E-state index >= 15 is 0 Å². The number of nitrogens with zero attached hydrogens (tertiary/aromatic N) is 7. The van der Waals surface area contributed by atoms with Gasteiger partial charge in [0.05, 0.1) is 33.1 Å². The lowest BCUT2D eigenvalue weighted by Gasteiger charge is -2.28. The van der Waals surface area contributed by atoms with Crippen LogP contribution < -0.4 is 4.90 Å². The van der Waals surface area contributed by atoms with Gasteiger partial charge in [0.2, 0.25) is 5.95 Å². The Balaban J connectivity index is 0.000000143. The van der Waals surface area contributed by atoms with Crippen LogP contribution in [0.2, 0.25) is 0 Å².